The lowest BCUT2D eigenvalue weighted by Gasteiger charge is -2.28. The fraction of sp³-hybridized carbons (Fsp3) is 0.520. The van der Waals surface area contributed by atoms with Crippen molar-refractivity contribution in [3.63, 3.8) is 0 Å². The highest BCUT2D eigenvalue weighted by molar-refractivity contribution is 5.94. The topological polar surface area (TPSA) is 231 Å². The summed E-state index contributed by atoms with van der Waals surface area (Å²) in [4.78, 5) is 72.6. The van der Waals surface area contributed by atoms with Crippen LogP contribution in [-0.2, 0) is 35.2 Å². The smallest absolute Gasteiger partial charge is 0.326 e. The predicted octanol–water partition coefficient (Wildman–Crippen LogP) is -0.728. The van der Waals surface area contributed by atoms with Crippen LogP contribution in [0.15, 0.2) is 30.3 Å². The lowest BCUT2D eigenvalue weighted by atomic mass is 9.96. The molecule has 13 heteroatoms. The van der Waals surface area contributed by atoms with E-state index < -0.39 is 72.1 Å². The molecule has 38 heavy (non-hydrogen) atoms. The molecule has 13 nitrogen and oxygen atoms in total. The van der Waals surface area contributed by atoms with Crippen molar-refractivity contribution >= 4 is 35.6 Å². The molecule has 5 unspecified atom stereocenters. The molecule has 0 aliphatic rings. The highest BCUT2D eigenvalue weighted by Crippen LogP contribution is 2.11. The number of nitrogens with two attached hydrogens (primary N) is 2. The van der Waals surface area contributed by atoms with E-state index in [2.05, 4.69) is 16.0 Å². The van der Waals surface area contributed by atoms with Gasteiger partial charge in [-0.15, -0.1) is 0 Å². The average Bonchev–Trinajstić information content (AvgIpc) is 2.87. The van der Waals surface area contributed by atoms with Gasteiger partial charge < -0.3 is 37.6 Å². The summed E-state index contributed by atoms with van der Waals surface area (Å²) in [6, 6.07) is 3.62. The van der Waals surface area contributed by atoms with Crippen molar-refractivity contribution in [3.05, 3.63) is 35.9 Å². The Balaban J connectivity index is 3.04. The summed E-state index contributed by atoms with van der Waals surface area (Å²) in [5, 5.41) is 26.0. The zero-order chi connectivity index (χ0) is 28.8. The molecule has 0 aliphatic carbocycles. The summed E-state index contributed by atoms with van der Waals surface area (Å²) in [6.07, 6.45) is -0.524. The largest absolute Gasteiger partial charge is 0.481 e. The lowest BCUT2D eigenvalue weighted by Crippen LogP contribution is -2.58. The van der Waals surface area contributed by atoms with Crippen molar-refractivity contribution < 1.29 is 39.0 Å². The first-order chi connectivity index (χ1) is 17.8. The van der Waals surface area contributed by atoms with Gasteiger partial charge in [0.15, 0.2) is 0 Å². The molecule has 9 N–H and O–H groups in total. The van der Waals surface area contributed by atoms with Gasteiger partial charge in [-0.1, -0.05) is 50.6 Å². The number of hydrogen-bond donors (Lipinski definition) is 7. The van der Waals surface area contributed by atoms with E-state index in [0.29, 0.717) is 12.0 Å². The Morgan fingerprint density at radius 1 is 0.842 bits per heavy atom. The van der Waals surface area contributed by atoms with Crippen LogP contribution in [0.25, 0.3) is 0 Å². The maximum Gasteiger partial charge on any atom is 0.326 e. The summed E-state index contributed by atoms with van der Waals surface area (Å²) < 4.78 is 0. The highest BCUT2D eigenvalue weighted by Gasteiger charge is 2.32. The van der Waals surface area contributed by atoms with E-state index in [1.807, 2.05) is 0 Å². The Morgan fingerprint density at radius 3 is 1.97 bits per heavy atom. The van der Waals surface area contributed by atoms with Crippen LogP contribution >= 0.6 is 0 Å². The molecule has 0 radical (unpaired) electrons. The molecular weight excluding hydrogens is 498 g/mol. The average molecular weight is 536 g/mol. The third-order valence-corrected chi connectivity index (χ3v) is 6.01. The van der Waals surface area contributed by atoms with Gasteiger partial charge >= 0.3 is 11.9 Å². The molecule has 0 saturated heterocycles. The second-order valence-corrected chi connectivity index (χ2v) is 9.07. The predicted molar refractivity (Wildman–Crippen MR) is 136 cm³/mol. The Labute approximate surface area is 220 Å². The quantitative estimate of drug-likeness (QED) is 0.133. The second kappa shape index (κ2) is 16.0. The van der Waals surface area contributed by atoms with Gasteiger partial charge in [0.1, 0.15) is 18.1 Å². The van der Waals surface area contributed by atoms with E-state index in [1.165, 1.54) is 0 Å². The molecule has 0 fully saturated rings. The van der Waals surface area contributed by atoms with Crippen LogP contribution in [0.3, 0.4) is 0 Å². The van der Waals surface area contributed by atoms with Crippen LogP contribution in [0.5, 0.6) is 0 Å². The van der Waals surface area contributed by atoms with Crippen molar-refractivity contribution in [1.82, 2.24) is 16.0 Å². The van der Waals surface area contributed by atoms with E-state index >= 15 is 0 Å². The number of hydrogen-bond acceptors (Lipinski definition) is 7. The minimum absolute atomic E-state index is 0.0301. The first-order valence-electron chi connectivity index (χ1n) is 12.3. The summed E-state index contributed by atoms with van der Waals surface area (Å²) in [7, 11) is 0. The van der Waals surface area contributed by atoms with E-state index in [0.717, 1.165) is 0 Å². The number of aliphatic carboxylic acids is 2. The third-order valence-electron chi connectivity index (χ3n) is 6.01. The summed E-state index contributed by atoms with van der Waals surface area (Å²) in [5.41, 5.74) is 11.5. The third kappa shape index (κ3) is 11.4. The number of benzene rings is 1. The van der Waals surface area contributed by atoms with Gasteiger partial charge in [0.2, 0.25) is 23.6 Å². The van der Waals surface area contributed by atoms with Gasteiger partial charge in [-0.2, -0.15) is 0 Å². The molecule has 1 rings (SSSR count). The number of amides is 4. The summed E-state index contributed by atoms with van der Waals surface area (Å²) >= 11 is 0. The molecule has 0 aromatic heterocycles. The zero-order valence-electron chi connectivity index (χ0n) is 21.5. The first-order valence-corrected chi connectivity index (χ1v) is 12.3. The normalized spacial score (nSPS) is 14.7. The fourth-order valence-electron chi connectivity index (χ4n) is 3.51. The van der Waals surface area contributed by atoms with Crippen molar-refractivity contribution in [2.45, 2.75) is 76.5 Å². The lowest BCUT2D eigenvalue weighted by molar-refractivity contribution is -0.143. The van der Waals surface area contributed by atoms with Crippen LogP contribution in [0.2, 0.25) is 0 Å². The Hall–Kier alpha value is -4.00. The van der Waals surface area contributed by atoms with E-state index in [9.17, 15) is 33.9 Å². The van der Waals surface area contributed by atoms with E-state index in [-0.39, 0.29) is 25.7 Å². The number of carbonyl (C=O) groups is 6. The van der Waals surface area contributed by atoms with Gasteiger partial charge in [-0.05, 0) is 24.3 Å². The van der Waals surface area contributed by atoms with Crippen LogP contribution < -0.4 is 27.4 Å². The molecule has 210 valence electrons. The number of carbonyl (C=O) groups excluding carboxylic acids is 4. The summed E-state index contributed by atoms with van der Waals surface area (Å²) in [6.45, 7) is 3.46. The molecule has 0 spiro atoms. The molecule has 0 bridgehead atoms. The minimum atomic E-state index is -1.39. The van der Waals surface area contributed by atoms with Gasteiger partial charge in [-0.25, -0.2) is 4.79 Å². The minimum Gasteiger partial charge on any atom is -0.481 e. The van der Waals surface area contributed by atoms with E-state index in [1.54, 1.807) is 44.2 Å². The molecule has 4 amide bonds. The molecule has 5 atom stereocenters. The van der Waals surface area contributed by atoms with Gasteiger partial charge in [0.05, 0.1) is 6.04 Å². The molecule has 0 aliphatic heterocycles. The fourth-order valence-corrected chi connectivity index (χ4v) is 3.51. The molecule has 0 heterocycles. The van der Waals surface area contributed by atoms with Crippen LogP contribution in [-0.4, -0.2) is 69.9 Å². The number of primary amides is 1. The SMILES string of the molecule is CCC(C)C(NC(=O)C(N)CCC(N)=O)C(=O)NC(CCC(=O)O)C(=O)NC(Cc1ccccc1)C(=O)O. The monoisotopic (exact) mass is 535 g/mol. The van der Waals surface area contributed by atoms with Crippen LogP contribution in [0, 0.1) is 5.92 Å². The second-order valence-electron chi connectivity index (χ2n) is 9.07. The standard InChI is InChI=1S/C25H37N5O8/c1-3-14(2)21(30-22(34)16(26)9-11-19(27)31)24(36)28-17(10-12-20(32)33)23(35)29-18(25(37)38)13-15-7-5-4-6-8-15/h4-8,14,16-18,21H,3,9-13,26H2,1-2H3,(H2,27,31)(H,28,36)(H,29,35)(H,30,34)(H,32,33)(H,37,38). The van der Waals surface area contributed by atoms with Crippen molar-refractivity contribution in [1.29, 1.82) is 0 Å². The van der Waals surface area contributed by atoms with E-state index in [4.69, 9.17) is 16.6 Å². The Kier molecular flexibility index (Phi) is 13.5. The van der Waals surface area contributed by atoms with Crippen molar-refractivity contribution in [2.75, 3.05) is 0 Å². The molecule has 0 saturated carbocycles. The first kappa shape index (κ1) is 32.0. The molecular formula is C25H37N5O8. The zero-order valence-corrected chi connectivity index (χ0v) is 21.5. The maximum atomic E-state index is 13.2. The number of carboxylic acids is 2. The number of rotatable bonds is 17. The number of carboxylic acid groups (broad SMARTS) is 2. The Bertz CT molecular complexity index is 987. The van der Waals surface area contributed by atoms with Gasteiger partial charge in [0.25, 0.3) is 0 Å². The molecule has 1 aromatic rings. The maximum absolute atomic E-state index is 13.2. The van der Waals surface area contributed by atoms with Crippen LogP contribution in [0.1, 0.15) is 51.5 Å². The van der Waals surface area contributed by atoms with Gasteiger partial charge in [0, 0.05) is 19.3 Å². The van der Waals surface area contributed by atoms with Crippen molar-refractivity contribution in [3.8, 4) is 0 Å². The molecule has 1 aromatic carbocycles. The van der Waals surface area contributed by atoms with Crippen LogP contribution in [0.4, 0.5) is 0 Å². The van der Waals surface area contributed by atoms with Gasteiger partial charge in [-0.3, -0.25) is 24.0 Å². The van der Waals surface area contributed by atoms with Crippen molar-refractivity contribution in [2.24, 2.45) is 17.4 Å². The highest BCUT2D eigenvalue weighted by atomic mass is 16.4. The number of nitrogens with one attached hydrogen (secondary N) is 3. The summed E-state index contributed by atoms with van der Waals surface area (Å²) in [5.74, 6) is -5.92. The Morgan fingerprint density at radius 2 is 1.45 bits per heavy atom.